The smallest absolute Gasteiger partial charge is 0.0604 e. The molecule has 19 heavy (non-hydrogen) atoms. The van der Waals surface area contributed by atoms with Crippen molar-refractivity contribution in [3.05, 3.63) is 71.3 Å². The summed E-state index contributed by atoms with van der Waals surface area (Å²) >= 11 is 0. The molecule has 1 aliphatic rings. The van der Waals surface area contributed by atoms with Gasteiger partial charge in [-0.2, -0.15) is 0 Å². The van der Waals surface area contributed by atoms with Crippen LogP contribution in [0.25, 0.3) is 0 Å². The van der Waals surface area contributed by atoms with E-state index in [2.05, 4.69) is 66.4 Å². The van der Waals surface area contributed by atoms with Crippen LogP contribution in [-0.2, 0) is 0 Å². The molecule has 1 heteroatoms. The van der Waals surface area contributed by atoms with Crippen LogP contribution in [0.5, 0.6) is 0 Å². The number of nitrogens with zero attached hydrogens (tertiary/aromatic N) is 1. The molecule has 1 atom stereocenters. The van der Waals surface area contributed by atoms with Crippen molar-refractivity contribution < 1.29 is 0 Å². The first-order valence-corrected chi connectivity index (χ1v) is 7.21. The Hall–Kier alpha value is -1.60. The number of benzene rings is 2. The molecule has 0 spiro atoms. The van der Waals surface area contributed by atoms with E-state index >= 15 is 0 Å². The lowest BCUT2D eigenvalue weighted by Crippen LogP contribution is -2.27. The summed E-state index contributed by atoms with van der Waals surface area (Å²) in [5.41, 5.74) is 4.26. The van der Waals surface area contributed by atoms with Gasteiger partial charge < -0.3 is 0 Å². The van der Waals surface area contributed by atoms with Crippen molar-refractivity contribution >= 4 is 0 Å². The van der Waals surface area contributed by atoms with Crippen LogP contribution < -0.4 is 0 Å². The SMILES string of the molecule is Cc1ccccc1C(c1ccccc1)N1CCCC1. The molecule has 0 N–H and O–H groups in total. The van der Waals surface area contributed by atoms with Crippen molar-refractivity contribution in [2.45, 2.75) is 25.8 Å². The topological polar surface area (TPSA) is 3.24 Å². The Balaban J connectivity index is 2.04. The maximum atomic E-state index is 2.62. The van der Waals surface area contributed by atoms with E-state index < -0.39 is 0 Å². The van der Waals surface area contributed by atoms with Gasteiger partial charge in [-0.15, -0.1) is 0 Å². The first-order valence-electron chi connectivity index (χ1n) is 7.21. The molecule has 1 fully saturated rings. The first kappa shape index (κ1) is 12.4. The second kappa shape index (κ2) is 5.58. The molecule has 1 unspecified atom stereocenters. The zero-order valence-electron chi connectivity index (χ0n) is 11.5. The molecule has 3 rings (SSSR count). The maximum Gasteiger partial charge on any atom is 0.0604 e. The van der Waals surface area contributed by atoms with Gasteiger partial charge in [-0.25, -0.2) is 0 Å². The molecule has 0 amide bonds. The van der Waals surface area contributed by atoms with Gasteiger partial charge in [0.25, 0.3) is 0 Å². The fourth-order valence-electron chi connectivity index (χ4n) is 3.12. The molecular formula is C18H21N. The van der Waals surface area contributed by atoms with E-state index in [1.54, 1.807) is 0 Å². The number of likely N-dealkylation sites (tertiary alicyclic amines) is 1. The predicted molar refractivity (Wildman–Crippen MR) is 80.3 cm³/mol. The van der Waals surface area contributed by atoms with E-state index in [-0.39, 0.29) is 0 Å². The minimum Gasteiger partial charge on any atom is -0.292 e. The molecule has 0 saturated carbocycles. The van der Waals surface area contributed by atoms with E-state index in [1.165, 1.54) is 42.6 Å². The number of hydrogen-bond donors (Lipinski definition) is 0. The van der Waals surface area contributed by atoms with Crippen molar-refractivity contribution in [1.29, 1.82) is 0 Å². The molecule has 98 valence electrons. The largest absolute Gasteiger partial charge is 0.292 e. The van der Waals surface area contributed by atoms with Crippen LogP contribution in [0.4, 0.5) is 0 Å². The third-order valence-electron chi connectivity index (χ3n) is 4.10. The fourth-order valence-corrected chi connectivity index (χ4v) is 3.12. The van der Waals surface area contributed by atoms with E-state index in [4.69, 9.17) is 0 Å². The highest BCUT2D eigenvalue weighted by atomic mass is 15.2. The Morgan fingerprint density at radius 3 is 2.16 bits per heavy atom. The molecule has 1 aliphatic heterocycles. The average molecular weight is 251 g/mol. The summed E-state index contributed by atoms with van der Waals surface area (Å²) in [5.74, 6) is 0. The van der Waals surface area contributed by atoms with Gasteiger partial charge in [0, 0.05) is 0 Å². The third kappa shape index (κ3) is 2.57. The third-order valence-corrected chi connectivity index (χ3v) is 4.10. The van der Waals surface area contributed by atoms with E-state index in [0.29, 0.717) is 6.04 Å². The summed E-state index contributed by atoms with van der Waals surface area (Å²) in [5, 5.41) is 0. The standard InChI is InChI=1S/C18H21N/c1-15-9-5-6-12-17(15)18(19-13-7-8-14-19)16-10-3-2-4-11-16/h2-6,9-12,18H,7-8,13-14H2,1H3. The predicted octanol–water partition coefficient (Wildman–Crippen LogP) is 4.18. The summed E-state index contributed by atoms with van der Waals surface area (Å²) in [6.45, 7) is 4.66. The Labute approximate surface area is 115 Å². The van der Waals surface area contributed by atoms with Gasteiger partial charge in [0.1, 0.15) is 0 Å². The van der Waals surface area contributed by atoms with Gasteiger partial charge in [0.05, 0.1) is 6.04 Å². The normalized spacial score (nSPS) is 17.5. The Bertz CT molecular complexity index is 526. The average Bonchev–Trinajstić information content (AvgIpc) is 2.96. The van der Waals surface area contributed by atoms with E-state index in [0.717, 1.165) is 0 Å². The summed E-state index contributed by atoms with van der Waals surface area (Å²) in [6, 6.07) is 20.1. The van der Waals surface area contributed by atoms with Gasteiger partial charge in [-0.05, 0) is 49.5 Å². The van der Waals surface area contributed by atoms with E-state index in [1.807, 2.05) is 0 Å². The van der Waals surface area contributed by atoms with Crippen LogP contribution in [0.1, 0.15) is 35.6 Å². The van der Waals surface area contributed by atoms with Crippen molar-refractivity contribution in [3.63, 3.8) is 0 Å². The number of rotatable bonds is 3. The summed E-state index contributed by atoms with van der Waals surface area (Å²) < 4.78 is 0. The maximum absolute atomic E-state index is 2.62. The summed E-state index contributed by atoms with van der Waals surface area (Å²) in [7, 11) is 0. The second-order valence-electron chi connectivity index (χ2n) is 5.41. The van der Waals surface area contributed by atoms with Crippen molar-refractivity contribution in [1.82, 2.24) is 4.90 Å². The van der Waals surface area contributed by atoms with Crippen molar-refractivity contribution in [3.8, 4) is 0 Å². The van der Waals surface area contributed by atoms with Crippen LogP contribution in [0, 0.1) is 6.92 Å². The quantitative estimate of drug-likeness (QED) is 0.791. The summed E-state index contributed by atoms with van der Waals surface area (Å²) in [6.07, 6.45) is 2.66. The van der Waals surface area contributed by atoms with Crippen LogP contribution >= 0.6 is 0 Å². The van der Waals surface area contributed by atoms with Crippen molar-refractivity contribution in [2.75, 3.05) is 13.1 Å². The second-order valence-corrected chi connectivity index (χ2v) is 5.41. The van der Waals surface area contributed by atoms with Crippen LogP contribution in [-0.4, -0.2) is 18.0 Å². The van der Waals surface area contributed by atoms with Gasteiger partial charge in [0.15, 0.2) is 0 Å². The van der Waals surface area contributed by atoms with Gasteiger partial charge >= 0.3 is 0 Å². The van der Waals surface area contributed by atoms with Gasteiger partial charge in [-0.1, -0.05) is 54.6 Å². The lowest BCUT2D eigenvalue weighted by atomic mass is 9.94. The number of aryl methyl sites for hydroxylation is 1. The van der Waals surface area contributed by atoms with E-state index in [9.17, 15) is 0 Å². The lowest BCUT2D eigenvalue weighted by Gasteiger charge is -2.29. The molecule has 0 aliphatic carbocycles. The molecule has 1 heterocycles. The fraction of sp³-hybridized carbons (Fsp3) is 0.333. The highest BCUT2D eigenvalue weighted by Gasteiger charge is 2.25. The molecule has 0 aromatic heterocycles. The Kier molecular flexibility index (Phi) is 3.65. The number of hydrogen-bond acceptors (Lipinski definition) is 1. The highest BCUT2D eigenvalue weighted by Crippen LogP contribution is 2.32. The van der Waals surface area contributed by atoms with Crippen LogP contribution in [0.3, 0.4) is 0 Å². The van der Waals surface area contributed by atoms with Gasteiger partial charge in [0.2, 0.25) is 0 Å². The molecule has 1 nitrogen and oxygen atoms in total. The Morgan fingerprint density at radius 1 is 0.842 bits per heavy atom. The first-order chi connectivity index (χ1) is 9.36. The molecular weight excluding hydrogens is 230 g/mol. The minimum absolute atomic E-state index is 0.421. The minimum atomic E-state index is 0.421. The molecule has 2 aromatic rings. The summed E-state index contributed by atoms with van der Waals surface area (Å²) in [4.78, 5) is 2.62. The zero-order valence-corrected chi connectivity index (χ0v) is 11.5. The highest BCUT2D eigenvalue weighted by molar-refractivity contribution is 5.37. The molecule has 2 aromatic carbocycles. The molecule has 0 radical (unpaired) electrons. The Morgan fingerprint density at radius 2 is 1.47 bits per heavy atom. The van der Waals surface area contributed by atoms with Crippen LogP contribution in [0.2, 0.25) is 0 Å². The zero-order chi connectivity index (χ0) is 13.1. The van der Waals surface area contributed by atoms with Crippen molar-refractivity contribution in [2.24, 2.45) is 0 Å². The molecule has 1 saturated heterocycles. The monoisotopic (exact) mass is 251 g/mol. The van der Waals surface area contributed by atoms with Crippen LogP contribution in [0.15, 0.2) is 54.6 Å². The lowest BCUT2D eigenvalue weighted by molar-refractivity contribution is 0.280. The van der Waals surface area contributed by atoms with Gasteiger partial charge in [-0.3, -0.25) is 4.90 Å². The molecule has 0 bridgehead atoms.